The van der Waals surface area contributed by atoms with Crippen LogP contribution in [0.25, 0.3) is 0 Å². The molecule has 2 aromatic carbocycles. The van der Waals surface area contributed by atoms with Gasteiger partial charge in [-0.25, -0.2) is 4.79 Å². The average Bonchev–Trinajstić information content (AvgIpc) is 3.36. The summed E-state index contributed by atoms with van der Waals surface area (Å²) in [5, 5.41) is 3.96. The second-order valence-corrected chi connectivity index (χ2v) is 8.99. The van der Waals surface area contributed by atoms with Gasteiger partial charge in [-0.15, -0.1) is 11.3 Å². The molecule has 0 saturated carbocycles. The van der Waals surface area contributed by atoms with Crippen molar-refractivity contribution in [1.29, 1.82) is 0 Å². The lowest BCUT2D eigenvalue weighted by atomic mass is 10.0. The molecule has 4 rings (SSSR count). The Labute approximate surface area is 194 Å². The second kappa shape index (κ2) is 8.67. The highest BCUT2D eigenvalue weighted by Gasteiger charge is 2.35. The van der Waals surface area contributed by atoms with E-state index in [2.05, 4.69) is 21.2 Å². The first-order chi connectivity index (χ1) is 15.2. The third kappa shape index (κ3) is 4.29. The molecule has 0 radical (unpaired) electrons. The summed E-state index contributed by atoms with van der Waals surface area (Å²) in [5.41, 5.74) is 1.04. The second-order valence-electron chi connectivity index (χ2n) is 7.04. The van der Waals surface area contributed by atoms with Crippen LogP contribution < -0.4 is 15.0 Å². The van der Waals surface area contributed by atoms with E-state index in [1.807, 2.05) is 23.1 Å². The maximum atomic E-state index is 13.4. The maximum absolute atomic E-state index is 13.4. The van der Waals surface area contributed by atoms with Gasteiger partial charge in [0.2, 0.25) is 0 Å². The number of hydrogen-bond acceptors (Lipinski definition) is 6. The largest absolute Gasteiger partial charge is 0.484 e. The molecule has 1 aromatic heterocycles. The number of hydrogen-bond donors (Lipinski definition) is 1. The maximum Gasteiger partial charge on any atom is 0.416 e. The molecule has 32 heavy (non-hydrogen) atoms. The Bertz CT molecular complexity index is 1170. The summed E-state index contributed by atoms with van der Waals surface area (Å²) in [6, 6.07) is 12.7. The molecule has 168 valence electrons. The van der Waals surface area contributed by atoms with E-state index in [0.717, 1.165) is 33.3 Å². The first kappa shape index (κ1) is 22.5. The van der Waals surface area contributed by atoms with E-state index < -0.39 is 23.8 Å². The van der Waals surface area contributed by atoms with Crippen LogP contribution in [0.3, 0.4) is 0 Å². The zero-order valence-electron chi connectivity index (χ0n) is 17.0. The number of alkyl halides is 3. The molecule has 0 fully saturated rings. The molecule has 1 N–H and O–H groups in total. The van der Waals surface area contributed by atoms with Gasteiger partial charge in [0.05, 0.1) is 30.7 Å². The number of rotatable bonds is 5. The van der Waals surface area contributed by atoms with Gasteiger partial charge in [-0.1, -0.05) is 34.1 Å². The van der Waals surface area contributed by atoms with Crippen molar-refractivity contribution in [2.24, 2.45) is 0 Å². The van der Waals surface area contributed by atoms with Crippen molar-refractivity contribution in [3.63, 3.8) is 0 Å². The van der Waals surface area contributed by atoms with E-state index in [-0.39, 0.29) is 16.2 Å². The zero-order valence-corrected chi connectivity index (χ0v) is 19.4. The van der Waals surface area contributed by atoms with Crippen molar-refractivity contribution in [1.82, 2.24) is 0 Å². The topological polar surface area (TPSA) is 50.8 Å². The quantitative estimate of drug-likeness (QED) is 0.363. The number of esters is 1. The summed E-state index contributed by atoms with van der Waals surface area (Å²) in [5.74, 6) is -0.445. The average molecular weight is 527 g/mol. The zero-order chi connectivity index (χ0) is 23.0. The number of halogens is 4. The van der Waals surface area contributed by atoms with E-state index in [0.29, 0.717) is 11.7 Å². The van der Waals surface area contributed by atoms with Gasteiger partial charge in [0.15, 0.2) is 4.88 Å². The van der Waals surface area contributed by atoms with Crippen molar-refractivity contribution in [2.75, 3.05) is 24.0 Å². The molecule has 0 unspecified atom stereocenters. The minimum Gasteiger partial charge on any atom is -0.484 e. The van der Waals surface area contributed by atoms with Crippen LogP contribution >= 0.6 is 27.3 Å². The van der Waals surface area contributed by atoms with E-state index in [1.165, 1.54) is 32.2 Å². The van der Waals surface area contributed by atoms with Crippen LogP contribution in [0.2, 0.25) is 0 Å². The minimum atomic E-state index is -4.52. The summed E-state index contributed by atoms with van der Waals surface area (Å²) in [6.07, 6.45) is -5.46. The third-order valence-corrected chi connectivity index (χ3v) is 6.62. The minimum absolute atomic E-state index is 0.0133. The van der Waals surface area contributed by atoms with E-state index in [1.54, 1.807) is 6.07 Å². The fourth-order valence-corrected chi connectivity index (χ4v) is 4.88. The molecule has 5 nitrogen and oxygen atoms in total. The molecule has 0 aliphatic carbocycles. The summed E-state index contributed by atoms with van der Waals surface area (Å²) < 4.78 is 52.0. The first-order valence-corrected chi connectivity index (χ1v) is 11.2. The normalized spacial score (nSPS) is 14.0. The lowest BCUT2D eigenvalue weighted by Gasteiger charge is -2.19. The monoisotopic (exact) mass is 526 g/mol. The van der Waals surface area contributed by atoms with E-state index in [9.17, 15) is 18.0 Å². The van der Waals surface area contributed by atoms with Gasteiger partial charge in [-0.05, 0) is 31.2 Å². The predicted octanol–water partition coefficient (Wildman–Crippen LogP) is 6.98. The molecular formula is C22H18BrF3N2O3S. The van der Waals surface area contributed by atoms with Crippen LogP contribution in [0.4, 0.5) is 29.5 Å². The molecule has 0 amide bonds. The van der Waals surface area contributed by atoms with Gasteiger partial charge in [-0.2, -0.15) is 13.2 Å². The molecule has 0 bridgehead atoms. The van der Waals surface area contributed by atoms with Crippen LogP contribution in [-0.2, 0) is 10.9 Å². The SMILES string of the molecule is COC(=O)c1sc(N2CNc3ccc(Br)cc32)cc1O[C@H](C)c1ccccc1C(F)(F)F. The Morgan fingerprint density at radius 2 is 1.97 bits per heavy atom. The van der Waals surface area contributed by atoms with Gasteiger partial charge >= 0.3 is 12.1 Å². The number of carbonyl (C=O) groups excluding carboxylic acids is 1. The predicted molar refractivity (Wildman–Crippen MR) is 121 cm³/mol. The van der Waals surface area contributed by atoms with Crippen molar-refractivity contribution in [3.05, 3.63) is 69.0 Å². The molecule has 1 aliphatic rings. The molecule has 3 aromatic rings. The standard InChI is InChI=1S/C22H18BrF3N2O3S/c1-12(14-5-3-4-6-15(14)22(24,25)26)31-18-10-19(32-20(18)21(29)30-2)28-11-27-16-8-7-13(23)9-17(16)28/h3-10,12,27H,11H2,1-2H3/t12-/m1/s1. The Hall–Kier alpha value is -2.72. The fourth-order valence-electron chi connectivity index (χ4n) is 3.50. The van der Waals surface area contributed by atoms with Gasteiger partial charge in [-0.3, -0.25) is 0 Å². The number of benzene rings is 2. The first-order valence-electron chi connectivity index (χ1n) is 9.55. The number of thiophene rings is 1. The smallest absolute Gasteiger partial charge is 0.416 e. The number of carbonyl (C=O) groups is 1. The van der Waals surface area contributed by atoms with Crippen LogP contribution in [-0.4, -0.2) is 19.7 Å². The molecule has 2 heterocycles. The van der Waals surface area contributed by atoms with E-state index in [4.69, 9.17) is 9.47 Å². The van der Waals surface area contributed by atoms with Gasteiger partial charge in [0.1, 0.15) is 16.9 Å². The van der Waals surface area contributed by atoms with Crippen LogP contribution in [0, 0.1) is 0 Å². The van der Waals surface area contributed by atoms with Crippen LogP contribution in [0.1, 0.15) is 33.8 Å². The number of fused-ring (bicyclic) bond motifs is 1. The van der Waals surface area contributed by atoms with Crippen molar-refractivity contribution < 1.29 is 27.4 Å². The highest BCUT2D eigenvalue weighted by molar-refractivity contribution is 9.10. The molecule has 1 aliphatic heterocycles. The fraction of sp³-hybridized carbons (Fsp3) is 0.227. The Morgan fingerprint density at radius 1 is 1.22 bits per heavy atom. The van der Waals surface area contributed by atoms with E-state index >= 15 is 0 Å². The number of ether oxygens (including phenoxy) is 2. The number of nitrogens with one attached hydrogen (secondary N) is 1. The third-order valence-electron chi connectivity index (χ3n) is 5.01. The molecule has 0 spiro atoms. The summed E-state index contributed by atoms with van der Waals surface area (Å²) >= 11 is 4.61. The highest BCUT2D eigenvalue weighted by atomic mass is 79.9. The lowest BCUT2D eigenvalue weighted by Crippen LogP contribution is -2.15. The Balaban J connectivity index is 1.70. The van der Waals surface area contributed by atoms with Crippen molar-refractivity contribution in [3.8, 4) is 5.75 Å². The van der Waals surface area contributed by atoms with Crippen LogP contribution in [0.5, 0.6) is 5.75 Å². The summed E-state index contributed by atoms with van der Waals surface area (Å²) in [7, 11) is 1.25. The van der Waals surface area contributed by atoms with Gasteiger partial charge < -0.3 is 19.7 Å². The number of methoxy groups -OCH3 is 1. The van der Waals surface area contributed by atoms with Crippen molar-refractivity contribution >= 4 is 49.6 Å². The van der Waals surface area contributed by atoms with Gasteiger partial charge in [0, 0.05) is 16.1 Å². The van der Waals surface area contributed by atoms with Crippen molar-refractivity contribution in [2.45, 2.75) is 19.2 Å². The molecule has 1 atom stereocenters. The molecular weight excluding hydrogens is 509 g/mol. The number of nitrogens with zero attached hydrogens (tertiary/aromatic N) is 1. The summed E-state index contributed by atoms with van der Waals surface area (Å²) in [4.78, 5) is 14.5. The lowest BCUT2D eigenvalue weighted by molar-refractivity contribution is -0.139. The summed E-state index contributed by atoms with van der Waals surface area (Å²) in [6.45, 7) is 1.99. The highest BCUT2D eigenvalue weighted by Crippen LogP contribution is 2.46. The Kier molecular flexibility index (Phi) is 6.09. The molecule has 0 saturated heterocycles. The Morgan fingerprint density at radius 3 is 2.69 bits per heavy atom. The van der Waals surface area contributed by atoms with Gasteiger partial charge in [0.25, 0.3) is 0 Å². The van der Waals surface area contributed by atoms with Crippen LogP contribution in [0.15, 0.2) is 53.0 Å². The molecule has 10 heteroatoms. The number of anilines is 3.